The largest absolute Gasteiger partial charge is 0.481 e. The van der Waals surface area contributed by atoms with Crippen molar-refractivity contribution < 1.29 is 28.2 Å². The molecule has 0 aliphatic carbocycles. The first kappa shape index (κ1) is 11.9. The van der Waals surface area contributed by atoms with E-state index in [-0.39, 0.29) is 5.75 Å². The molecule has 0 aliphatic rings. The number of hydrogen-bond acceptors (Lipinski definition) is 4. The zero-order valence-corrected chi connectivity index (χ0v) is 7.74. The number of carbonyl (C=O) groups is 2. The van der Waals surface area contributed by atoms with Crippen LogP contribution in [0.25, 0.3) is 0 Å². The summed E-state index contributed by atoms with van der Waals surface area (Å²) >= 11 is 0. The molecule has 6 nitrogen and oxygen atoms in total. The minimum Gasteiger partial charge on any atom is -0.481 e. The van der Waals surface area contributed by atoms with E-state index in [4.69, 9.17) is 10.2 Å². The van der Waals surface area contributed by atoms with Crippen molar-refractivity contribution in [1.82, 2.24) is 0 Å². The Morgan fingerprint density at radius 2 is 1.77 bits per heavy atom. The topological polar surface area (TPSA) is 109 Å². The molecule has 7 heteroatoms. The number of hydrogen-bond donors (Lipinski definition) is 2. The van der Waals surface area contributed by atoms with Crippen molar-refractivity contribution in [2.45, 2.75) is 18.6 Å². The van der Waals surface area contributed by atoms with Gasteiger partial charge in [-0.2, -0.15) is 0 Å². The smallest absolute Gasteiger partial charge is 0.322 e. The lowest BCUT2D eigenvalue weighted by Gasteiger charge is -2.08. The Labute approximate surface area is 75.1 Å². The van der Waals surface area contributed by atoms with E-state index in [9.17, 15) is 18.0 Å². The molecule has 2 N–H and O–H groups in total. The third-order valence-corrected chi connectivity index (χ3v) is 3.51. The highest BCUT2D eigenvalue weighted by molar-refractivity contribution is 7.92. The summed E-state index contributed by atoms with van der Waals surface area (Å²) in [6.07, 6.45) is -0.897. The summed E-state index contributed by atoms with van der Waals surface area (Å²) in [5, 5.41) is 14.9. The van der Waals surface area contributed by atoms with Gasteiger partial charge in [0.25, 0.3) is 0 Å². The van der Waals surface area contributed by atoms with Crippen molar-refractivity contribution in [1.29, 1.82) is 0 Å². The maximum absolute atomic E-state index is 11.0. The van der Waals surface area contributed by atoms with Crippen LogP contribution in [0.4, 0.5) is 0 Å². The first-order valence-corrected chi connectivity index (χ1v) is 5.19. The average molecular weight is 210 g/mol. The lowest BCUT2D eigenvalue weighted by molar-refractivity contribution is -0.143. The highest BCUT2D eigenvalue weighted by Gasteiger charge is 2.32. The Morgan fingerprint density at radius 1 is 1.31 bits per heavy atom. The van der Waals surface area contributed by atoms with Crippen molar-refractivity contribution in [3.8, 4) is 0 Å². The van der Waals surface area contributed by atoms with Gasteiger partial charge in [0.2, 0.25) is 0 Å². The zero-order chi connectivity index (χ0) is 10.6. The van der Waals surface area contributed by atoms with Gasteiger partial charge < -0.3 is 10.2 Å². The Morgan fingerprint density at radius 3 is 2.00 bits per heavy atom. The van der Waals surface area contributed by atoms with Crippen LogP contribution in [0.2, 0.25) is 0 Å². The fourth-order valence-electron chi connectivity index (χ4n) is 0.728. The van der Waals surface area contributed by atoms with E-state index >= 15 is 0 Å². The van der Waals surface area contributed by atoms with Gasteiger partial charge in [-0.1, -0.05) is 6.92 Å². The molecule has 0 radical (unpaired) electrons. The van der Waals surface area contributed by atoms with Gasteiger partial charge in [-0.3, -0.25) is 9.59 Å². The first-order valence-electron chi connectivity index (χ1n) is 3.47. The second kappa shape index (κ2) is 4.22. The summed E-state index contributed by atoms with van der Waals surface area (Å²) in [6.45, 7) is 1.27. The third-order valence-electron chi connectivity index (χ3n) is 1.47. The summed E-state index contributed by atoms with van der Waals surface area (Å²) in [5.74, 6) is -3.44. The molecule has 0 aromatic rings. The highest BCUT2D eigenvalue weighted by Crippen LogP contribution is 2.07. The summed E-state index contributed by atoms with van der Waals surface area (Å²) < 4.78 is 22.1. The van der Waals surface area contributed by atoms with Gasteiger partial charge in [0.05, 0.1) is 6.42 Å². The van der Waals surface area contributed by atoms with Gasteiger partial charge in [-0.25, -0.2) is 8.42 Å². The fraction of sp³-hybridized carbons (Fsp3) is 0.667. The number of rotatable bonds is 5. The van der Waals surface area contributed by atoms with Gasteiger partial charge in [-0.05, 0) is 0 Å². The molecule has 0 spiro atoms. The average Bonchev–Trinajstić information content (AvgIpc) is 1.99. The van der Waals surface area contributed by atoms with Crippen molar-refractivity contribution >= 4 is 21.8 Å². The second-order valence-electron chi connectivity index (χ2n) is 2.38. The molecule has 13 heavy (non-hydrogen) atoms. The summed E-state index contributed by atoms with van der Waals surface area (Å²) in [5.41, 5.74) is 0. The SMILES string of the molecule is CCS(=O)(=O)C(CC(=O)O)C(=O)O. The molecule has 1 unspecified atom stereocenters. The van der Waals surface area contributed by atoms with Crippen molar-refractivity contribution in [3.05, 3.63) is 0 Å². The van der Waals surface area contributed by atoms with E-state index in [1.807, 2.05) is 0 Å². The Kier molecular flexibility index (Phi) is 3.86. The Bertz CT molecular complexity index is 303. The molecule has 0 aliphatic heterocycles. The van der Waals surface area contributed by atoms with Crippen molar-refractivity contribution in [2.75, 3.05) is 5.75 Å². The minimum atomic E-state index is -3.83. The highest BCUT2D eigenvalue weighted by atomic mass is 32.2. The van der Waals surface area contributed by atoms with Crippen LogP contribution in [0.1, 0.15) is 13.3 Å². The molecule has 76 valence electrons. The van der Waals surface area contributed by atoms with Gasteiger partial charge in [0, 0.05) is 5.75 Å². The molecule has 0 fully saturated rings. The van der Waals surface area contributed by atoms with E-state index in [1.165, 1.54) is 6.92 Å². The third kappa shape index (κ3) is 3.41. The molecule has 0 saturated carbocycles. The predicted octanol–water partition coefficient (Wildman–Crippen LogP) is -0.651. The molecule has 0 bridgehead atoms. The maximum atomic E-state index is 11.0. The van der Waals surface area contributed by atoms with Crippen LogP contribution in [0, 0.1) is 0 Å². The van der Waals surface area contributed by atoms with Gasteiger partial charge in [-0.15, -0.1) is 0 Å². The Hall–Kier alpha value is -1.11. The zero-order valence-electron chi connectivity index (χ0n) is 6.93. The normalized spacial score (nSPS) is 13.6. The molecular formula is C6H10O6S. The van der Waals surface area contributed by atoms with E-state index < -0.39 is 33.4 Å². The second-order valence-corrected chi connectivity index (χ2v) is 4.85. The maximum Gasteiger partial charge on any atom is 0.322 e. The first-order chi connectivity index (χ1) is 5.81. The van der Waals surface area contributed by atoms with E-state index in [0.717, 1.165) is 0 Å². The molecule has 0 aromatic heterocycles. The molecule has 0 saturated heterocycles. The summed E-state index contributed by atoms with van der Waals surface area (Å²) in [4.78, 5) is 20.5. The minimum absolute atomic E-state index is 0.378. The fourth-order valence-corrected chi connectivity index (χ4v) is 1.83. The standard InChI is InChI=1S/C6H10O6S/c1-2-13(11,12)4(6(9)10)3-5(7)8/h4H,2-3H2,1H3,(H,7,8)(H,9,10). The number of aliphatic carboxylic acids is 2. The number of carboxylic acids is 2. The van der Waals surface area contributed by atoms with Gasteiger partial charge in [0.15, 0.2) is 15.1 Å². The Balaban J connectivity index is 4.83. The van der Waals surface area contributed by atoms with Crippen LogP contribution < -0.4 is 0 Å². The molecule has 0 heterocycles. The predicted molar refractivity (Wildman–Crippen MR) is 43.1 cm³/mol. The van der Waals surface area contributed by atoms with Crippen LogP contribution in [0.5, 0.6) is 0 Å². The van der Waals surface area contributed by atoms with Crippen LogP contribution in [-0.4, -0.2) is 41.6 Å². The quantitative estimate of drug-likeness (QED) is 0.624. The van der Waals surface area contributed by atoms with E-state index in [2.05, 4.69) is 0 Å². The monoisotopic (exact) mass is 210 g/mol. The lowest BCUT2D eigenvalue weighted by Crippen LogP contribution is -2.33. The van der Waals surface area contributed by atoms with Crippen LogP contribution in [0.3, 0.4) is 0 Å². The number of sulfone groups is 1. The molecule has 0 rings (SSSR count). The van der Waals surface area contributed by atoms with Gasteiger partial charge >= 0.3 is 11.9 Å². The molecule has 0 amide bonds. The summed E-state index contributed by atoms with van der Waals surface area (Å²) in [6, 6.07) is 0. The van der Waals surface area contributed by atoms with E-state index in [1.54, 1.807) is 0 Å². The van der Waals surface area contributed by atoms with Crippen LogP contribution in [0.15, 0.2) is 0 Å². The number of carboxylic acid groups (broad SMARTS) is 2. The molecule has 0 aromatic carbocycles. The lowest BCUT2D eigenvalue weighted by atomic mass is 10.3. The van der Waals surface area contributed by atoms with Crippen LogP contribution >= 0.6 is 0 Å². The van der Waals surface area contributed by atoms with E-state index in [0.29, 0.717) is 0 Å². The van der Waals surface area contributed by atoms with Gasteiger partial charge in [0.1, 0.15) is 0 Å². The van der Waals surface area contributed by atoms with Crippen LogP contribution in [-0.2, 0) is 19.4 Å². The summed E-state index contributed by atoms with van der Waals surface area (Å²) in [7, 11) is -3.83. The van der Waals surface area contributed by atoms with Crippen molar-refractivity contribution in [2.24, 2.45) is 0 Å². The van der Waals surface area contributed by atoms with Crippen molar-refractivity contribution in [3.63, 3.8) is 0 Å². The molecular weight excluding hydrogens is 200 g/mol. The molecule has 1 atom stereocenters.